The van der Waals surface area contributed by atoms with Crippen LogP contribution in [0.1, 0.15) is 46.5 Å². The fourth-order valence-electron chi connectivity index (χ4n) is 4.57. The number of anilines is 2. The number of amides is 1. The van der Waals surface area contributed by atoms with E-state index in [1.165, 1.54) is 15.3 Å². The number of sulfonamides is 1. The third-order valence-electron chi connectivity index (χ3n) is 6.44. The van der Waals surface area contributed by atoms with Crippen LogP contribution >= 0.6 is 0 Å². The van der Waals surface area contributed by atoms with Crippen LogP contribution in [0.4, 0.5) is 29.6 Å². The van der Waals surface area contributed by atoms with Crippen molar-refractivity contribution in [1.82, 2.24) is 19.2 Å². The number of rotatable bonds is 5. The highest BCUT2D eigenvalue weighted by atomic mass is 32.2. The van der Waals surface area contributed by atoms with Crippen LogP contribution in [-0.2, 0) is 14.8 Å². The Bertz CT molecular complexity index is 1020. The fourth-order valence-corrected chi connectivity index (χ4v) is 5.44. The molecule has 0 aromatic carbocycles. The second kappa shape index (κ2) is 10.6. The number of ether oxygens (including phenoxy) is 1. The molecule has 0 spiro atoms. The van der Waals surface area contributed by atoms with Crippen LogP contribution in [0.2, 0.25) is 0 Å². The first-order valence-corrected chi connectivity index (χ1v) is 13.7. The van der Waals surface area contributed by atoms with Crippen molar-refractivity contribution in [3.05, 3.63) is 12.4 Å². The minimum atomic E-state index is -4.68. The summed E-state index contributed by atoms with van der Waals surface area (Å²) < 4.78 is 72.9. The van der Waals surface area contributed by atoms with Gasteiger partial charge in [-0.3, -0.25) is 4.90 Å². The highest BCUT2D eigenvalue weighted by molar-refractivity contribution is 7.88. The third kappa shape index (κ3) is 7.11. The van der Waals surface area contributed by atoms with Crippen molar-refractivity contribution >= 4 is 27.8 Å². The van der Waals surface area contributed by atoms with Gasteiger partial charge < -0.3 is 14.5 Å². The molecule has 0 bridgehead atoms. The Morgan fingerprint density at radius 3 is 2.03 bits per heavy atom. The van der Waals surface area contributed by atoms with E-state index in [-0.39, 0.29) is 37.8 Å². The third-order valence-corrected chi connectivity index (χ3v) is 7.74. The lowest BCUT2D eigenvalue weighted by molar-refractivity contribution is -0.137. The maximum atomic E-state index is 14.2. The second-order valence-corrected chi connectivity index (χ2v) is 12.3. The van der Waals surface area contributed by atoms with Gasteiger partial charge in [-0.15, -0.1) is 0 Å². The molecular formula is C22H35F3N6O4S. The van der Waals surface area contributed by atoms with Crippen molar-refractivity contribution < 1.29 is 31.1 Å². The number of nitrogens with zero attached hydrogens (tertiary/aromatic N) is 6. The molecule has 2 saturated heterocycles. The minimum Gasteiger partial charge on any atom is -0.444 e. The summed E-state index contributed by atoms with van der Waals surface area (Å²) in [5.74, 6) is 0.0712. The van der Waals surface area contributed by atoms with Crippen molar-refractivity contribution in [3.63, 3.8) is 0 Å². The predicted molar refractivity (Wildman–Crippen MR) is 129 cm³/mol. The van der Waals surface area contributed by atoms with Gasteiger partial charge in [0.2, 0.25) is 10.0 Å². The monoisotopic (exact) mass is 536 g/mol. The van der Waals surface area contributed by atoms with E-state index in [2.05, 4.69) is 9.97 Å². The van der Waals surface area contributed by atoms with Crippen molar-refractivity contribution in [2.45, 2.75) is 70.4 Å². The van der Waals surface area contributed by atoms with Crippen LogP contribution < -0.4 is 9.80 Å². The number of carbonyl (C=O) groups excluding carboxylic acids is 1. The topological polar surface area (TPSA) is 99.2 Å². The van der Waals surface area contributed by atoms with Gasteiger partial charge in [-0.1, -0.05) is 0 Å². The van der Waals surface area contributed by atoms with Crippen molar-refractivity contribution in [3.8, 4) is 0 Å². The summed E-state index contributed by atoms with van der Waals surface area (Å²) in [5, 5.41) is 0. The molecule has 10 nitrogen and oxygen atoms in total. The molecule has 2 aliphatic rings. The predicted octanol–water partition coefficient (Wildman–Crippen LogP) is 3.06. The zero-order valence-electron chi connectivity index (χ0n) is 21.3. The summed E-state index contributed by atoms with van der Waals surface area (Å²) in [5.41, 5.74) is -0.684. The van der Waals surface area contributed by atoms with E-state index < -0.39 is 34.1 Å². The van der Waals surface area contributed by atoms with Gasteiger partial charge in [0.25, 0.3) is 0 Å². The Balaban J connectivity index is 1.72. The number of carbonyl (C=O) groups is 1. The molecule has 0 atom stereocenters. The largest absolute Gasteiger partial charge is 0.486 e. The minimum absolute atomic E-state index is 0.0674. The van der Waals surface area contributed by atoms with E-state index >= 15 is 0 Å². The molecular weight excluding hydrogens is 501 g/mol. The lowest BCUT2D eigenvalue weighted by Gasteiger charge is -2.40. The van der Waals surface area contributed by atoms with Crippen LogP contribution in [0, 0.1) is 0 Å². The SMILES string of the molecule is CN(c1cc(N(C2CCN(C(=O)OC(C)(C)C)CC2)C(F)(F)F)ncn1)C1CCN(S(C)(=O)=O)CC1. The van der Waals surface area contributed by atoms with Crippen LogP contribution in [0.3, 0.4) is 0 Å². The van der Waals surface area contributed by atoms with E-state index in [4.69, 9.17) is 4.74 Å². The zero-order valence-corrected chi connectivity index (χ0v) is 22.1. The van der Waals surface area contributed by atoms with Gasteiger partial charge in [0, 0.05) is 51.4 Å². The molecule has 0 unspecified atom stereocenters. The molecule has 0 saturated carbocycles. The number of piperidine rings is 2. The Hall–Kier alpha value is -2.35. The van der Waals surface area contributed by atoms with Crippen LogP contribution in [-0.4, -0.2) is 97.2 Å². The standard InChI is InChI=1S/C22H35F3N6O4S/c1-21(2,3)35-20(32)29-10-6-17(7-11-29)31(22(23,24)25)19-14-18(26-15-27-19)28(4)16-8-12-30(13-9-16)36(5,33)34/h14-17H,6-13H2,1-5H3. The molecule has 0 radical (unpaired) electrons. The normalized spacial score (nSPS) is 19.3. The van der Waals surface area contributed by atoms with Crippen LogP contribution in [0.25, 0.3) is 0 Å². The molecule has 0 aliphatic carbocycles. The van der Waals surface area contributed by atoms with Crippen LogP contribution in [0.5, 0.6) is 0 Å². The number of hydrogen-bond donors (Lipinski definition) is 0. The van der Waals surface area contributed by atoms with Gasteiger partial charge in [0.1, 0.15) is 23.6 Å². The molecule has 1 aromatic rings. The smallest absolute Gasteiger partial charge is 0.444 e. The van der Waals surface area contributed by atoms with E-state index in [1.807, 2.05) is 0 Å². The van der Waals surface area contributed by atoms with Crippen molar-refractivity contribution in [1.29, 1.82) is 0 Å². The molecule has 36 heavy (non-hydrogen) atoms. The zero-order chi connectivity index (χ0) is 26.9. The summed E-state index contributed by atoms with van der Waals surface area (Å²) in [6.07, 6.45) is -1.64. The van der Waals surface area contributed by atoms with Gasteiger partial charge >= 0.3 is 12.4 Å². The number of alkyl halides is 3. The molecule has 3 rings (SSSR count). The number of likely N-dealkylation sites (tertiary alicyclic amines) is 1. The maximum absolute atomic E-state index is 14.2. The molecule has 204 valence electrons. The summed E-state index contributed by atoms with van der Waals surface area (Å²) in [6, 6.07) is 0.355. The first-order valence-electron chi connectivity index (χ1n) is 11.9. The molecule has 1 amide bonds. The molecule has 3 heterocycles. The first-order chi connectivity index (χ1) is 16.6. The highest BCUT2D eigenvalue weighted by Gasteiger charge is 2.45. The summed E-state index contributed by atoms with van der Waals surface area (Å²) in [7, 11) is -1.54. The summed E-state index contributed by atoms with van der Waals surface area (Å²) >= 11 is 0. The summed E-state index contributed by atoms with van der Waals surface area (Å²) in [6.45, 7) is 6.19. The average molecular weight is 537 g/mol. The van der Waals surface area contributed by atoms with E-state index in [0.29, 0.717) is 36.6 Å². The van der Waals surface area contributed by atoms with E-state index in [1.54, 1.807) is 32.7 Å². The van der Waals surface area contributed by atoms with E-state index in [9.17, 15) is 26.4 Å². The fraction of sp³-hybridized carbons (Fsp3) is 0.773. The van der Waals surface area contributed by atoms with Gasteiger partial charge in [0.15, 0.2) is 0 Å². The number of halogens is 3. The second-order valence-electron chi connectivity index (χ2n) is 10.3. The average Bonchev–Trinajstić information content (AvgIpc) is 2.77. The van der Waals surface area contributed by atoms with Crippen molar-refractivity contribution in [2.75, 3.05) is 49.3 Å². The first kappa shape index (κ1) is 28.2. The lowest BCUT2D eigenvalue weighted by atomic mass is 10.0. The van der Waals surface area contributed by atoms with E-state index in [0.717, 1.165) is 12.6 Å². The van der Waals surface area contributed by atoms with Gasteiger partial charge in [0.05, 0.1) is 6.26 Å². The molecule has 2 fully saturated rings. The number of aromatic nitrogens is 2. The molecule has 0 N–H and O–H groups in total. The highest BCUT2D eigenvalue weighted by Crippen LogP contribution is 2.35. The summed E-state index contributed by atoms with van der Waals surface area (Å²) in [4.78, 5) is 24.0. The Morgan fingerprint density at radius 2 is 1.53 bits per heavy atom. The van der Waals surface area contributed by atoms with Crippen LogP contribution in [0.15, 0.2) is 12.4 Å². The Kier molecular flexibility index (Phi) is 8.28. The number of hydrogen-bond acceptors (Lipinski definition) is 8. The molecule has 1 aromatic heterocycles. The Morgan fingerprint density at radius 1 is 1.00 bits per heavy atom. The van der Waals surface area contributed by atoms with Crippen molar-refractivity contribution in [2.24, 2.45) is 0 Å². The lowest BCUT2D eigenvalue weighted by Crippen LogP contribution is -2.53. The molecule has 2 aliphatic heterocycles. The van der Waals surface area contributed by atoms with Gasteiger partial charge in [-0.25, -0.2) is 27.5 Å². The van der Waals surface area contributed by atoms with Gasteiger partial charge in [-0.05, 0) is 46.5 Å². The quantitative estimate of drug-likeness (QED) is 0.530. The van der Waals surface area contributed by atoms with Gasteiger partial charge in [-0.2, -0.15) is 13.2 Å². The maximum Gasteiger partial charge on any atom is 0.486 e. The molecule has 14 heteroatoms. The Labute approximate surface area is 210 Å².